The van der Waals surface area contributed by atoms with E-state index in [0.29, 0.717) is 5.69 Å². The molecule has 1 aliphatic rings. The van der Waals surface area contributed by atoms with Gasteiger partial charge < -0.3 is 10.4 Å². The summed E-state index contributed by atoms with van der Waals surface area (Å²) < 4.78 is 0. The van der Waals surface area contributed by atoms with Crippen LogP contribution in [-0.2, 0) is 16.1 Å². The van der Waals surface area contributed by atoms with Crippen molar-refractivity contribution in [2.45, 2.75) is 25.9 Å². The highest BCUT2D eigenvalue weighted by Crippen LogP contribution is 2.23. The minimum atomic E-state index is -1.04. The standard InChI is InChI=1S/C19H18N2O4/c1-12-7-8-14(19(24)25)9-15(12)20-16-10-17(22)21(18(16)23)11-13-5-3-2-4-6-13/h2-9,16,20H,10-11H2,1H3,(H,24,25)/t16-/m0/s1. The molecule has 0 spiro atoms. The molecule has 2 amide bonds. The number of rotatable bonds is 5. The van der Waals surface area contributed by atoms with Gasteiger partial charge in [-0.05, 0) is 30.2 Å². The Balaban J connectivity index is 1.76. The number of carboxylic acids is 1. The van der Waals surface area contributed by atoms with Gasteiger partial charge in [-0.15, -0.1) is 0 Å². The molecule has 2 aromatic carbocycles. The first-order valence-electron chi connectivity index (χ1n) is 7.94. The molecular formula is C19H18N2O4. The fourth-order valence-electron chi connectivity index (χ4n) is 2.83. The molecule has 0 aliphatic carbocycles. The van der Waals surface area contributed by atoms with E-state index >= 15 is 0 Å². The first-order valence-corrected chi connectivity index (χ1v) is 7.94. The number of imide groups is 1. The number of carboxylic acid groups (broad SMARTS) is 1. The summed E-state index contributed by atoms with van der Waals surface area (Å²) in [5.41, 5.74) is 2.37. The van der Waals surface area contributed by atoms with Crippen molar-refractivity contribution in [3.63, 3.8) is 0 Å². The van der Waals surface area contributed by atoms with Crippen molar-refractivity contribution in [2.24, 2.45) is 0 Å². The van der Waals surface area contributed by atoms with E-state index in [1.807, 2.05) is 37.3 Å². The Morgan fingerprint density at radius 1 is 1.20 bits per heavy atom. The summed E-state index contributed by atoms with van der Waals surface area (Å²) in [6, 6.07) is 13.3. The number of nitrogens with zero attached hydrogens (tertiary/aromatic N) is 1. The number of carbonyl (C=O) groups excluding carboxylic acids is 2. The monoisotopic (exact) mass is 338 g/mol. The summed E-state index contributed by atoms with van der Waals surface area (Å²) >= 11 is 0. The zero-order chi connectivity index (χ0) is 18.0. The van der Waals surface area contributed by atoms with Crippen molar-refractivity contribution < 1.29 is 19.5 Å². The molecule has 0 aromatic heterocycles. The average molecular weight is 338 g/mol. The van der Waals surface area contributed by atoms with Crippen LogP contribution >= 0.6 is 0 Å². The van der Waals surface area contributed by atoms with Gasteiger partial charge in [0.25, 0.3) is 5.91 Å². The molecule has 0 unspecified atom stereocenters. The van der Waals surface area contributed by atoms with Crippen molar-refractivity contribution in [1.82, 2.24) is 4.90 Å². The predicted molar refractivity (Wildman–Crippen MR) is 92.2 cm³/mol. The molecule has 0 saturated carbocycles. The van der Waals surface area contributed by atoms with Crippen LogP contribution in [0.5, 0.6) is 0 Å². The van der Waals surface area contributed by atoms with Crippen LogP contribution in [0.3, 0.4) is 0 Å². The van der Waals surface area contributed by atoms with Crippen LogP contribution in [-0.4, -0.2) is 33.8 Å². The van der Waals surface area contributed by atoms with Gasteiger partial charge in [-0.3, -0.25) is 14.5 Å². The topological polar surface area (TPSA) is 86.7 Å². The van der Waals surface area contributed by atoms with E-state index < -0.39 is 12.0 Å². The Kier molecular flexibility index (Phi) is 4.52. The molecule has 1 saturated heterocycles. The smallest absolute Gasteiger partial charge is 0.335 e. The number of carbonyl (C=O) groups is 3. The van der Waals surface area contributed by atoms with Crippen LogP contribution in [0.2, 0.25) is 0 Å². The van der Waals surface area contributed by atoms with E-state index in [1.54, 1.807) is 6.07 Å². The van der Waals surface area contributed by atoms with E-state index in [9.17, 15) is 14.4 Å². The lowest BCUT2D eigenvalue weighted by Crippen LogP contribution is -2.34. The second-order valence-corrected chi connectivity index (χ2v) is 6.04. The van der Waals surface area contributed by atoms with Gasteiger partial charge in [0.2, 0.25) is 5.91 Å². The first-order chi connectivity index (χ1) is 12.0. The molecule has 1 atom stereocenters. The van der Waals surface area contributed by atoms with Crippen LogP contribution < -0.4 is 5.32 Å². The van der Waals surface area contributed by atoms with Gasteiger partial charge in [-0.2, -0.15) is 0 Å². The van der Waals surface area contributed by atoms with Gasteiger partial charge in [-0.25, -0.2) is 4.79 Å². The lowest BCUT2D eigenvalue weighted by molar-refractivity contribution is -0.139. The quantitative estimate of drug-likeness (QED) is 0.818. The van der Waals surface area contributed by atoms with Gasteiger partial charge in [-0.1, -0.05) is 36.4 Å². The number of hydrogen-bond donors (Lipinski definition) is 2. The number of aryl methyl sites for hydroxylation is 1. The van der Waals surface area contributed by atoms with Crippen LogP contribution in [0.4, 0.5) is 5.69 Å². The van der Waals surface area contributed by atoms with Crippen LogP contribution in [0.1, 0.15) is 27.9 Å². The second kappa shape index (κ2) is 6.76. The maximum absolute atomic E-state index is 12.6. The molecular weight excluding hydrogens is 320 g/mol. The third-order valence-corrected chi connectivity index (χ3v) is 4.24. The lowest BCUT2D eigenvalue weighted by atomic mass is 10.1. The highest BCUT2D eigenvalue weighted by molar-refractivity contribution is 6.06. The van der Waals surface area contributed by atoms with Gasteiger partial charge >= 0.3 is 5.97 Å². The minimum absolute atomic E-state index is 0.0579. The summed E-state index contributed by atoms with van der Waals surface area (Å²) in [5.74, 6) is -1.57. The summed E-state index contributed by atoms with van der Waals surface area (Å²) in [4.78, 5) is 37.2. The molecule has 0 bridgehead atoms. The van der Waals surface area contributed by atoms with Crippen LogP contribution in [0, 0.1) is 6.92 Å². The number of hydrogen-bond acceptors (Lipinski definition) is 4. The van der Waals surface area contributed by atoms with Crippen LogP contribution in [0.25, 0.3) is 0 Å². The zero-order valence-electron chi connectivity index (χ0n) is 13.7. The molecule has 1 heterocycles. The minimum Gasteiger partial charge on any atom is -0.478 e. The molecule has 6 nitrogen and oxygen atoms in total. The zero-order valence-corrected chi connectivity index (χ0v) is 13.7. The normalized spacial score (nSPS) is 17.0. The molecule has 25 heavy (non-hydrogen) atoms. The molecule has 3 rings (SSSR count). The van der Waals surface area contributed by atoms with Gasteiger partial charge in [0.1, 0.15) is 6.04 Å². The summed E-state index contributed by atoms with van der Waals surface area (Å²) in [7, 11) is 0. The second-order valence-electron chi connectivity index (χ2n) is 6.04. The summed E-state index contributed by atoms with van der Waals surface area (Å²) in [5, 5.41) is 12.1. The number of likely N-dealkylation sites (tertiary alicyclic amines) is 1. The van der Waals surface area contributed by atoms with Gasteiger partial charge in [0.15, 0.2) is 0 Å². The van der Waals surface area contributed by atoms with Gasteiger partial charge in [0.05, 0.1) is 18.5 Å². The molecule has 0 radical (unpaired) electrons. The Morgan fingerprint density at radius 2 is 1.92 bits per heavy atom. The molecule has 2 N–H and O–H groups in total. The largest absolute Gasteiger partial charge is 0.478 e. The van der Waals surface area contributed by atoms with Crippen molar-refractivity contribution >= 4 is 23.5 Å². The molecule has 128 valence electrons. The first kappa shape index (κ1) is 16.7. The Labute approximate surface area is 145 Å². The highest BCUT2D eigenvalue weighted by Gasteiger charge is 2.38. The fraction of sp³-hybridized carbons (Fsp3) is 0.211. The van der Waals surface area contributed by atoms with E-state index in [4.69, 9.17) is 5.11 Å². The van der Waals surface area contributed by atoms with Crippen molar-refractivity contribution in [3.8, 4) is 0 Å². The average Bonchev–Trinajstić information content (AvgIpc) is 2.85. The van der Waals surface area contributed by atoms with E-state index in [2.05, 4.69) is 5.32 Å². The molecule has 6 heteroatoms. The van der Waals surface area contributed by atoms with Crippen molar-refractivity contribution in [3.05, 3.63) is 65.2 Å². The van der Waals surface area contributed by atoms with Crippen molar-refractivity contribution in [1.29, 1.82) is 0 Å². The molecule has 1 aliphatic heterocycles. The highest BCUT2D eigenvalue weighted by atomic mass is 16.4. The van der Waals surface area contributed by atoms with Gasteiger partial charge in [0, 0.05) is 5.69 Å². The van der Waals surface area contributed by atoms with Crippen LogP contribution in [0.15, 0.2) is 48.5 Å². The van der Waals surface area contributed by atoms with E-state index in [0.717, 1.165) is 11.1 Å². The van der Waals surface area contributed by atoms with E-state index in [1.165, 1.54) is 17.0 Å². The third-order valence-electron chi connectivity index (χ3n) is 4.24. The number of nitrogens with one attached hydrogen (secondary N) is 1. The lowest BCUT2D eigenvalue weighted by Gasteiger charge is -2.17. The molecule has 1 fully saturated rings. The van der Waals surface area contributed by atoms with Crippen molar-refractivity contribution in [2.75, 3.05) is 5.32 Å². The Hall–Kier alpha value is -3.15. The maximum Gasteiger partial charge on any atom is 0.335 e. The third kappa shape index (κ3) is 3.52. The number of benzene rings is 2. The Morgan fingerprint density at radius 3 is 2.60 bits per heavy atom. The number of anilines is 1. The molecule has 2 aromatic rings. The fourth-order valence-corrected chi connectivity index (χ4v) is 2.83. The summed E-state index contributed by atoms with van der Waals surface area (Å²) in [6.45, 7) is 2.06. The maximum atomic E-state index is 12.6. The SMILES string of the molecule is Cc1ccc(C(=O)O)cc1N[C@H]1CC(=O)N(Cc2ccccc2)C1=O. The summed E-state index contributed by atoms with van der Waals surface area (Å²) in [6.07, 6.45) is 0.0579. The van der Waals surface area contributed by atoms with E-state index in [-0.39, 0.29) is 30.3 Å². The number of amides is 2. The predicted octanol–water partition coefficient (Wildman–Crippen LogP) is 2.43. The number of aromatic carboxylic acids is 1. The Bertz CT molecular complexity index is 833.